The van der Waals surface area contributed by atoms with Crippen LogP contribution in [0.3, 0.4) is 0 Å². The van der Waals surface area contributed by atoms with Crippen molar-refractivity contribution < 1.29 is 12.8 Å². The number of benzene rings is 2. The highest BCUT2D eigenvalue weighted by atomic mass is 35.5. The van der Waals surface area contributed by atoms with Crippen LogP contribution < -0.4 is 10.0 Å². The highest BCUT2D eigenvalue weighted by molar-refractivity contribution is 7.93. The molecule has 0 unspecified atom stereocenters. The minimum absolute atomic E-state index is 0.00208. The Labute approximate surface area is 171 Å². The summed E-state index contributed by atoms with van der Waals surface area (Å²) in [4.78, 5) is 3.34. The molecule has 0 amide bonds. The summed E-state index contributed by atoms with van der Waals surface area (Å²) in [6.45, 7) is 0. The standard InChI is InChI=1S/C19H17ClFN3O2S2/c20-14-10-18(28(25,26)24-19-22-8-9-27-19)15(21)11-17(14)23-16-7-3-5-12-4-1-2-6-13(12)16/h1-2,4,6,8-11,16,23H,3,5,7H2,(H,22,24)/t16-/m1/s1. The van der Waals surface area contributed by atoms with Gasteiger partial charge in [-0.2, -0.15) is 0 Å². The van der Waals surface area contributed by atoms with Crippen molar-refractivity contribution in [2.75, 3.05) is 10.0 Å². The first-order valence-corrected chi connectivity index (χ1v) is 11.4. The Hall–Kier alpha value is -2.16. The summed E-state index contributed by atoms with van der Waals surface area (Å²) in [7, 11) is -4.12. The minimum Gasteiger partial charge on any atom is -0.377 e. The van der Waals surface area contributed by atoms with E-state index in [1.807, 2.05) is 18.2 Å². The Morgan fingerprint density at radius 3 is 2.86 bits per heavy atom. The van der Waals surface area contributed by atoms with Crippen molar-refractivity contribution in [3.8, 4) is 0 Å². The maximum Gasteiger partial charge on any atom is 0.266 e. The highest BCUT2D eigenvalue weighted by Gasteiger charge is 2.25. The average molecular weight is 438 g/mol. The van der Waals surface area contributed by atoms with Gasteiger partial charge in [0.25, 0.3) is 10.0 Å². The van der Waals surface area contributed by atoms with E-state index >= 15 is 0 Å². The van der Waals surface area contributed by atoms with Gasteiger partial charge in [-0.25, -0.2) is 17.8 Å². The van der Waals surface area contributed by atoms with Crippen molar-refractivity contribution in [1.82, 2.24) is 4.98 Å². The van der Waals surface area contributed by atoms with Crippen molar-refractivity contribution in [3.05, 3.63) is 69.9 Å². The zero-order valence-electron chi connectivity index (χ0n) is 14.7. The van der Waals surface area contributed by atoms with Crippen LogP contribution in [0.5, 0.6) is 0 Å². The van der Waals surface area contributed by atoms with Gasteiger partial charge in [-0.15, -0.1) is 11.3 Å². The van der Waals surface area contributed by atoms with E-state index in [2.05, 4.69) is 21.1 Å². The number of halogens is 2. The van der Waals surface area contributed by atoms with Crippen molar-refractivity contribution in [3.63, 3.8) is 0 Å². The molecule has 0 fully saturated rings. The van der Waals surface area contributed by atoms with Crippen molar-refractivity contribution in [1.29, 1.82) is 0 Å². The second-order valence-corrected chi connectivity index (χ2v) is 9.45. The lowest BCUT2D eigenvalue weighted by Crippen LogP contribution is -2.18. The summed E-state index contributed by atoms with van der Waals surface area (Å²) in [6.07, 6.45) is 4.37. The lowest BCUT2D eigenvalue weighted by molar-refractivity contribution is 0.569. The van der Waals surface area contributed by atoms with E-state index in [0.29, 0.717) is 5.69 Å². The van der Waals surface area contributed by atoms with Gasteiger partial charge in [0, 0.05) is 11.6 Å². The SMILES string of the molecule is O=S(=O)(Nc1nccs1)c1cc(Cl)c(N[C@@H]2CCCc3ccccc32)cc1F. The van der Waals surface area contributed by atoms with Crippen LogP contribution in [-0.4, -0.2) is 13.4 Å². The molecule has 1 atom stereocenters. The molecule has 0 saturated carbocycles. The van der Waals surface area contributed by atoms with Crippen molar-refractivity contribution in [2.45, 2.75) is 30.2 Å². The quantitative estimate of drug-likeness (QED) is 0.573. The summed E-state index contributed by atoms with van der Waals surface area (Å²) < 4.78 is 41.9. The molecule has 1 aliphatic carbocycles. The average Bonchev–Trinajstić information content (AvgIpc) is 3.17. The molecule has 1 heterocycles. The van der Waals surface area contributed by atoms with Gasteiger partial charge in [-0.1, -0.05) is 35.9 Å². The van der Waals surface area contributed by atoms with Crippen molar-refractivity contribution in [2.24, 2.45) is 0 Å². The zero-order valence-corrected chi connectivity index (χ0v) is 17.0. The summed E-state index contributed by atoms with van der Waals surface area (Å²) in [6, 6.07) is 10.4. The Morgan fingerprint density at radius 2 is 2.07 bits per heavy atom. The number of hydrogen-bond acceptors (Lipinski definition) is 5. The molecule has 28 heavy (non-hydrogen) atoms. The molecule has 0 bridgehead atoms. The molecule has 0 radical (unpaired) electrons. The lowest BCUT2D eigenvalue weighted by Gasteiger charge is -2.27. The molecule has 5 nitrogen and oxygen atoms in total. The molecule has 0 aliphatic heterocycles. The third kappa shape index (κ3) is 3.85. The van der Waals surface area contributed by atoms with Crippen LogP contribution in [0.4, 0.5) is 15.2 Å². The maximum atomic E-state index is 14.7. The number of rotatable bonds is 5. The van der Waals surface area contributed by atoms with E-state index in [1.165, 1.54) is 11.8 Å². The Kier molecular flexibility index (Phi) is 5.27. The zero-order chi connectivity index (χ0) is 19.7. The van der Waals surface area contributed by atoms with Crippen LogP contribution in [0, 0.1) is 5.82 Å². The van der Waals surface area contributed by atoms with E-state index in [-0.39, 0.29) is 16.2 Å². The van der Waals surface area contributed by atoms with Gasteiger partial charge in [0.05, 0.1) is 16.8 Å². The van der Waals surface area contributed by atoms with E-state index < -0.39 is 20.7 Å². The Balaban J connectivity index is 1.62. The number of nitrogens with one attached hydrogen (secondary N) is 2. The molecule has 9 heteroatoms. The summed E-state index contributed by atoms with van der Waals surface area (Å²) in [5, 5.41) is 5.20. The van der Waals surface area contributed by atoms with Gasteiger partial charge < -0.3 is 5.32 Å². The van der Waals surface area contributed by atoms with E-state index in [0.717, 1.165) is 48.3 Å². The van der Waals surface area contributed by atoms with E-state index in [1.54, 1.807) is 5.38 Å². The Bertz CT molecular complexity index is 1100. The lowest BCUT2D eigenvalue weighted by atomic mass is 9.87. The van der Waals surface area contributed by atoms with Crippen LogP contribution in [0.1, 0.15) is 30.0 Å². The van der Waals surface area contributed by atoms with Crippen LogP contribution >= 0.6 is 22.9 Å². The molecule has 0 spiro atoms. The molecule has 1 aromatic heterocycles. The summed E-state index contributed by atoms with van der Waals surface area (Å²) in [5.74, 6) is -0.875. The Morgan fingerprint density at radius 1 is 1.25 bits per heavy atom. The van der Waals surface area contributed by atoms with Gasteiger partial charge >= 0.3 is 0 Å². The van der Waals surface area contributed by atoms with Crippen LogP contribution in [-0.2, 0) is 16.4 Å². The van der Waals surface area contributed by atoms with Gasteiger partial charge in [0.15, 0.2) is 5.13 Å². The third-order valence-electron chi connectivity index (χ3n) is 4.66. The fraction of sp³-hybridized carbons (Fsp3) is 0.211. The number of aryl methyl sites for hydroxylation is 1. The molecule has 2 N–H and O–H groups in total. The smallest absolute Gasteiger partial charge is 0.266 e. The number of sulfonamides is 1. The second-order valence-electron chi connectivity index (χ2n) is 6.49. The number of nitrogens with zero attached hydrogens (tertiary/aromatic N) is 1. The maximum absolute atomic E-state index is 14.7. The first kappa shape index (κ1) is 19.2. The minimum atomic E-state index is -4.12. The van der Waals surface area contributed by atoms with Crippen LogP contribution in [0.2, 0.25) is 5.02 Å². The predicted molar refractivity (Wildman–Crippen MR) is 110 cm³/mol. The number of hydrogen-bond donors (Lipinski definition) is 2. The third-order valence-corrected chi connectivity index (χ3v) is 7.15. The number of fused-ring (bicyclic) bond motifs is 1. The molecule has 2 aromatic carbocycles. The predicted octanol–water partition coefficient (Wildman–Crippen LogP) is 5.23. The monoisotopic (exact) mass is 437 g/mol. The fourth-order valence-corrected chi connectivity index (χ4v) is 5.54. The first-order chi connectivity index (χ1) is 13.4. The summed E-state index contributed by atoms with van der Waals surface area (Å²) >= 11 is 7.41. The van der Waals surface area contributed by atoms with E-state index in [4.69, 9.17) is 11.6 Å². The van der Waals surface area contributed by atoms with Crippen LogP contribution in [0.25, 0.3) is 0 Å². The van der Waals surface area contributed by atoms with Crippen molar-refractivity contribution >= 4 is 43.8 Å². The molecule has 146 valence electrons. The molecule has 0 saturated heterocycles. The molecule has 4 rings (SSSR count). The number of aromatic nitrogens is 1. The molecular formula is C19H17ClFN3O2S2. The fourth-order valence-electron chi connectivity index (χ4n) is 3.38. The normalized spacial score (nSPS) is 16.4. The second kappa shape index (κ2) is 7.69. The van der Waals surface area contributed by atoms with Gasteiger partial charge in [-0.05, 0) is 42.5 Å². The molecule has 3 aromatic rings. The van der Waals surface area contributed by atoms with E-state index in [9.17, 15) is 12.8 Å². The topological polar surface area (TPSA) is 71.1 Å². The summed E-state index contributed by atoms with van der Waals surface area (Å²) in [5.41, 5.74) is 2.79. The molecular weight excluding hydrogens is 421 g/mol. The molecule has 1 aliphatic rings. The largest absolute Gasteiger partial charge is 0.377 e. The highest BCUT2D eigenvalue weighted by Crippen LogP contribution is 2.36. The number of anilines is 2. The first-order valence-electron chi connectivity index (χ1n) is 8.70. The van der Waals surface area contributed by atoms with Gasteiger partial charge in [0.1, 0.15) is 10.7 Å². The van der Waals surface area contributed by atoms with Gasteiger partial charge in [-0.3, -0.25) is 4.72 Å². The number of thiazole rings is 1. The van der Waals surface area contributed by atoms with Gasteiger partial charge in [0.2, 0.25) is 0 Å². The van der Waals surface area contributed by atoms with Crippen LogP contribution in [0.15, 0.2) is 52.9 Å².